The number of hydrogen-bond donors (Lipinski definition) is 2. The van der Waals surface area contributed by atoms with E-state index in [4.69, 9.17) is 4.74 Å². The molecule has 1 aliphatic rings. The maximum Gasteiger partial charge on any atom is 0.410 e. The Morgan fingerprint density at radius 1 is 1.42 bits per heavy atom. The van der Waals surface area contributed by atoms with E-state index >= 15 is 0 Å². The molecule has 2 heterocycles. The van der Waals surface area contributed by atoms with Crippen LogP contribution in [0.2, 0.25) is 0 Å². The number of carbonyl (C=O) groups is 2. The number of halogens is 3. The van der Waals surface area contributed by atoms with Crippen LogP contribution in [0.3, 0.4) is 0 Å². The Kier molecular flexibility index (Phi) is 6.56. The third kappa shape index (κ3) is 5.76. The number of alkyl halides is 3. The third-order valence-corrected chi connectivity index (χ3v) is 5.46. The molecule has 12 heteroatoms. The van der Waals surface area contributed by atoms with Crippen molar-refractivity contribution in [1.82, 2.24) is 24.9 Å². The van der Waals surface area contributed by atoms with Crippen molar-refractivity contribution in [3.63, 3.8) is 0 Å². The number of ether oxygens (including phenoxy) is 1. The molecule has 1 aliphatic carbocycles. The molecule has 0 spiro atoms. The summed E-state index contributed by atoms with van der Waals surface area (Å²) >= 11 is 0. The van der Waals surface area contributed by atoms with Crippen molar-refractivity contribution in [2.24, 2.45) is 7.05 Å². The van der Waals surface area contributed by atoms with Gasteiger partial charge in [-0.2, -0.15) is 23.4 Å². The molecule has 0 aromatic carbocycles. The fourth-order valence-electron chi connectivity index (χ4n) is 3.59. The number of amides is 2. The molecule has 1 unspecified atom stereocenters. The van der Waals surface area contributed by atoms with Gasteiger partial charge in [-0.05, 0) is 32.3 Å². The average Bonchev–Trinajstić information content (AvgIpc) is 3.40. The summed E-state index contributed by atoms with van der Waals surface area (Å²) in [5.74, 6) is 0.0557. The molecule has 2 amide bonds. The monoisotopic (exact) mass is 442 g/mol. The Labute approximate surface area is 176 Å². The number of anilines is 1. The van der Waals surface area contributed by atoms with E-state index in [2.05, 4.69) is 20.6 Å². The molecule has 0 radical (unpaired) electrons. The largest absolute Gasteiger partial charge is 0.446 e. The van der Waals surface area contributed by atoms with Crippen molar-refractivity contribution in [3.8, 4) is 0 Å². The van der Waals surface area contributed by atoms with Crippen LogP contribution in [-0.2, 0) is 11.8 Å². The van der Waals surface area contributed by atoms with E-state index in [1.807, 2.05) is 0 Å². The molecule has 0 saturated heterocycles. The number of carbonyl (C=O) groups excluding carboxylic acids is 2. The van der Waals surface area contributed by atoms with Crippen LogP contribution >= 0.6 is 0 Å². The molecule has 3 atom stereocenters. The molecule has 2 aromatic heterocycles. The van der Waals surface area contributed by atoms with Gasteiger partial charge in [0.05, 0.1) is 6.42 Å². The summed E-state index contributed by atoms with van der Waals surface area (Å²) in [7, 11) is 2.96. The van der Waals surface area contributed by atoms with Crippen molar-refractivity contribution in [3.05, 3.63) is 29.7 Å². The van der Waals surface area contributed by atoms with Crippen LogP contribution in [0.25, 0.3) is 0 Å². The lowest BCUT2D eigenvalue weighted by molar-refractivity contribution is -0.144. The number of aromatic nitrogens is 4. The van der Waals surface area contributed by atoms with Crippen molar-refractivity contribution >= 4 is 17.8 Å². The zero-order valence-corrected chi connectivity index (χ0v) is 17.4. The maximum absolute atomic E-state index is 12.5. The predicted molar refractivity (Wildman–Crippen MR) is 105 cm³/mol. The SMILES string of the molecule is CC(CC(F)(F)F)N(C)C(=O)O[C@@H]1CC[C@H](c2cc(NC(=O)c3ccnn3C)n[nH]2)C1. The van der Waals surface area contributed by atoms with Crippen LogP contribution in [0.1, 0.15) is 54.7 Å². The first kappa shape index (κ1) is 22.6. The highest BCUT2D eigenvalue weighted by Crippen LogP contribution is 2.36. The fraction of sp³-hybridized carbons (Fsp3) is 0.579. The highest BCUT2D eigenvalue weighted by molar-refractivity contribution is 6.02. The van der Waals surface area contributed by atoms with Crippen molar-refractivity contribution in [2.45, 2.75) is 56.8 Å². The topological polar surface area (TPSA) is 105 Å². The highest BCUT2D eigenvalue weighted by Gasteiger charge is 2.35. The molecular weight excluding hydrogens is 417 g/mol. The van der Waals surface area contributed by atoms with Crippen molar-refractivity contribution in [2.75, 3.05) is 12.4 Å². The van der Waals surface area contributed by atoms with Gasteiger partial charge in [0, 0.05) is 44.0 Å². The molecule has 170 valence electrons. The summed E-state index contributed by atoms with van der Waals surface area (Å²) in [6.07, 6.45) is -3.25. The number of H-pyrrole nitrogens is 1. The summed E-state index contributed by atoms with van der Waals surface area (Å²) in [6.45, 7) is 1.33. The first-order chi connectivity index (χ1) is 14.5. The van der Waals surface area contributed by atoms with E-state index in [0.717, 1.165) is 17.0 Å². The van der Waals surface area contributed by atoms with E-state index in [1.54, 1.807) is 19.2 Å². The van der Waals surface area contributed by atoms with Gasteiger partial charge in [0.2, 0.25) is 0 Å². The van der Waals surface area contributed by atoms with Crippen molar-refractivity contribution in [1.29, 1.82) is 0 Å². The Balaban J connectivity index is 1.51. The van der Waals surface area contributed by atoms with Crippen molar-refractivity contribution < 1.29 is 27.5 Å². The van der Waals surface area contributed by atoms with E-state index in [-0.39, 0.29) is 11.8 Å². The standard InChI is InChI=1S/C19H25F3N6O3/c1-11(10-19(20,21)22)27(2)18(30)31-13-5-4-12(8-13)14-9-16(26-25-14)24-17(29)15-6-7-23-28(15)3/h6-7,9,11-13H,4-5,8,10H2,1-3H3,(H2,24,25,26,29)/t11?,12-,13+/m0/s1. The second kappa shape index (κ2) is 8.98. The molecule has 0 aliphatic heterocycles. The minimum atomic E-state index is -4.35. The Morgan fingerprint density at radius 3 is 2.81 bits per heavy atom. The number of aryl methyl sites for hydroxylation is 1. The molecule has 1 saturated carbocycles. The predicted octanol–water partition coefficient (Wildman–Crippen LogP) is 3.44. The fourth-order valence-corrected chi connectivity index (χ4v) is 3.59. The van der Waals surface area contributed by atoms with Crippen LogP contribution in [0.15, 0.2) is 18.3 Å². The summed E-state index contributed by atoms with van der Waals surface area (Å²) < 4.78 is 44.5. The normalized spacial score (nSPS) is 19.8. The lowest BCUT2D eigenvalue weighted by Crippen LogP contribution is -2.39. The number of nitrogens with one attached hydrogen (secondary N) is 2. The number of nitrogens with zero attached hydrogens (tertiary/aromatic N) is 4. The molecule has 1 fully saturated rings. The van der Waals surface area contributed by atoms with Gasteiger partial charge in [-0.25, -0.2) is 4.79 Å². The molecule has 3 rings (SSSR count). The van der Waals surface area contributed by atoms with Crippen LogP contribution in [0, 0.1) is 0 Å². The van der Waals surface area contributed by atoms with Crippen LogP contribution in [-0.4, -0.2) is 62.2 Å². The van der Waals surface area contributed by atoms with Gasteiger partial charge < -0.3 is 15.0 Å². The molecule has 9 nitrogen and oxygen atoms in total. The molecule has 2 aromatic rings. The van der Waals surface area contributed by atoms with E-state index < -0.39 is 30.8 Å². The minimum Gasteiger partial charge on any atom is -0.446 e. The van der Waals surface area contributed by atoms with Gasteiger partial charge >= 0.3 is 12.3 Å². The average molecular weight is 442 g/mol. The third-order valence-electron chi connectivity index (χ3n) is 5.46. The van der Waals surface area contributed by atoms with Gasteiger partial charge in [-0.15, -0.1) is 0 Å². The quantitative estimate of drug-likeness (QED) is 0.713. The van der Waals surface area contributed by atoms with E-state index in [0.29, 0.717) is 24.4 Å². The molecular formula is C19H25F3N6O3. The zero-order valence-electron chi connectivity index (χ0n) is 17.4. The van der Waals surface area contributed by atoms with Crippen LogP contribution in [0.4, 0.5) is 23.8 Å². The second-order valence-electron chi connectivity index (χ2n) is 7.80. The van der Waals surface area contributed by atoms with Gasteiger partial charge in [-0.3, -0.25) is 14.6 Å². The highest BCUT2D eigenvalue weighted by atomic mass is 19.4. The first-order valence-electron chi connectivity index (χ1n) is 9.88. The summed E-state index contributed by atoms with van der Waals surface area (Å²) in [5, 5.41) is 13.6. The smallest absolute Gasteiger partial charge is 0.410 e. The van der Waals surface area contributed by atoms with Gasteiger partial charge in [0.15, 0.2) is 5.82 Å². The molecule has 0 bridgehead atoms. The van der Waals surface area contributed by atoms with E-state index in [9.17, 15) is 22.8 Å². The summed E-state index contributed by atoms with van der Waals surface area (Å²) in [4.78, 5) is 25.4. The summed E-state index contributed by atoms with van der Waals surface area (Å²) in [6, 6.07) is 2.30. The minimum absolute atomic E-state index is 0.0329. The molecule has 2 N–H and O–H groups in total. The van der Waals surface area contributed by atoms with Gasteiger partial charge in [0.1, 0.15) is 11.8 Å². The second-order valence-corrected chi connectivity index (χ2v) is 7.80. The lowest BCUT2D eigenvalue weighted by Gasteiger charge is -2.26. The Bertz CT molecular complexity index is 925. The first-order valence-corrected chi connectivity index (χ1v) is 9.88. The Morgan fingerprint density at radius 2 is 2.16 bits per heavy atom. The number of rotatable bonds is 6. The molecule has 31 heavy (non-hydrogen) atoms. The number of aromatic amines is 1. The van der Waals surface area contributed by atoms with Crippen LogP contribution < -0.4 is 5.32 Å². The Hall–Kier alpha value is -3.05. The van der Waals surface area contributed by atoms with Gasteiger partial charge in [0.25, 0.3) is 5.91 Å². The van der Waals surface area contributed by atoms with Gasteiger partial charge in [-0.1, -0.05) is 0 Å². The zero-order chi connectivity index (χ0) is 22.8. The lowest BCUT2D eigenvalue weighted by atomic mass is 10.0. The van der Waals surface area contributed by atoms with Crippen LogP contribution in [0.5, 0.6) is 0 Å². The summed E-state index contributed by atoms with van der Waals surface area (Å²) in [5.41, 5.74) is 1.18. The maximum atomic E-state index is 12.5. The van der Waals surface area contributed by atoms with E-state index in [1.165, 1.54) is 24.9 Å². The number of hydrogen-bond acceptors (Lipinski definition) is 5.